The Morgan fingerprint density at radius 2 is 1.75 bits per heavy atom. The first kappa shape index (κ1) is 18.0. The fraction of sp³-hybridized carbons (Fsp3) is 0.136. The van der Waals surface area contributed by atoms with Gasteiger partial charge < -0.3 is 10.0 Å². The van der Waals surface area contributed by atoms with Crippen LogP contribution < -0.4 is 4.90 Å². The van der Waals surface area contributed by atoms with E-state index in [0.29, 0.717) is 16.8 Å². The molecule has 5 nitrogen and oxygen atoms in total. The number of pyridine rings is 1. The Hall–Kier alpha value is -3.38. The summed E-state index contributed by atoms with van der Waals surface area (Å²) in [5.41, 5.74) is -0.719. The molecule has 0 bridgehead atoms. The van der Waals surface area contributed by atoms with Gasteiger partial charge in [0.25, 0.3) is 5.91 Å². The second-order valence-electron chi connectivity index (χ2n) is 6.68. The second kappa shape index (κ2) is 6.98. The summed E-state index contributed by atoms with van der Waals surface area (Å²) >= 11 is 0. The summed E-state index contributed by atoms with van der Waals surface area (Å²) in [6.45, 7) is -0.0391. The zero-order chi connectivity index (χ0) is 19.7. The number of amides is 1. The standard InChI is InChI=1S/C22H17FN2O3/c23-17-9-3-1-7-15(17)14-25-19-11-4-2-8-16(19)22(28,21(25)27)13-20(26)18-10-5-6-12-24-18/h1-12,28H,13-14H2/t22-/m1/s1. The number of fused-ring (bicyclic) bond motifs is 1. The maximum Gasteiger partial charge on any atom is 0.264 e. The van der Waals surface area contributed by atoms with Crippen molar-refractivity contribution in [3.05, 3.63) is 95.6 Å². The van der Waals surface area contributed by atoms with E-state index in [9.17, 15) is 19.1 Å². The van der Waals surface area contributed by atoms with E-state index in [4.69, 9.17) is 0 Å². The van der Waals surface area contributed by atoms with E-state index in [2.05, 4.69) is 4.98 Å². The van der Waals surface area contributed by atoms with Gasteiger partial charge in [-0.25, -0.2) is 4.39 Å². The smallest absolute Gasteiger partial charge is 0.264 e. The third-order valence-electron chi connectivity index (χ3n) is 4.89. The van der Waals surface area contributed by atoms with Crippen LogP contribution in [0.1, 0.15) is 28.0 Å². The fourth-order valence-electron chi connectivity index (χ4n) is 3.48. The monoisotopic (exact) mass is 376 g/mol. The Morgan fingerprint density at radius 3 is 2.50 bits per heavy atom. The maximum atomic E-state index is 14.1. The van der Waals surface area contributed by atoms with Crippen molar-refractivity contribution in [2.75, 3.05) is 4.90 Å². The van der Waals surface area contributed by atoms with Crippen LogP contribution in [-0.2, 0) is 16.9 Å². The number of aliphatic hydroxyl groups is 1. The average molecular weight is 376 g/mol. The Kier molecular flexibility index (Phi) is 4.49. The largest absolute Gasteiger partial charge is 0.375 e. The molecule has 140 valence electrons. The minimum absolute atomic E-state index is 0.0391. The van der Waals surface area contributed by atoms with Gasteiger partial charge in [0.05, 0.1) is 18.7 Å². The number of rotatable bonds is 5. The van der Waals surface area contributed by atoms with Crippen LogP contribution in [0, 0.1) is 5.82 Å². The van der Waals surface area contributed by atoms with Gasteiger partial charge in [0, 0.05) is 17.3 Å². The Bertz CT molecular complexity index is 1050. The van der Waals surface area contributed by atoms with E-state index in [1.54, 1.807) is 54.6 Å². The molecule has 2 aromatic carbocycles. The van der Waals surface area contributed by atoms with Gasteiger partial charge in [0.1, 0.15) is 11.5 Å². The number of nitrogens with zero attached hydrogens (tertiary/aromatic N) is 2. The van der Waals surface area contributed by atoms with E-state index in [0.717, 1.165) is 0 Å². The van der Waals surface area contributed by atoms with Crippen molar-refractivity contribution in [3.8, 4) is 0 Å². The molecule has 1 aliphatic rings. The molecule has 2 heterocycles. The molecule has 1 N–H and O–H groups in total. The molecule has 0 saturated carbocycles. The van der Waals surface area contributed by atoms with E-state index in [1.165, 1.54) is 23.2 Å². The summed E-state index contributed by atoms with van der Waals surface area (Å²) in [6.07, 6.45) is 1.04. The number of hydrogen-bond donors (Lipinski definition) is 1. The molecule has 6 heteroatoms. The number of carbonyl (C=O) groups excluding carboxylic acids is 2. The van der Waals surface area contributed by atoms with Crippen molar-refractivity contribution in [3.63, 3.8) is 0 Å². The normalized spacial score (nSPS) is 18.2. The predicted octanol–water partition coefficient (Wildman–Crippen LogP) is 3.23. The highest BCUT2D eigenvalue weighted by atomic mass is 19.1. The van der Waals surface area contributed by atoms with Gasteiger partial charge in [-0.2, -0.15) is 0 Å². The lowest BCUT2D eigenvalue weighted by molar-refractivity contribution is -0.136. The minimum Gasteiger partial charge on any atom is -0.375 e. The van der Waals surface area contributed by atoms with Crippen LogP contribution >= 0.6 is 0 Å². The van der Waals surface area contributed by atoms with E-state index in [-0.39, 0.29) is 12.2 Å². The van der Waals surface area contributed by atoms with Gasteiger partial charge in [0.15, 0.2) is 11.4 Å². The first-order valence-corrected chi connectivity index (χ1v) is 8.82. The number of benzene rings is 2. The maximum absolute atomic E-state index is 14.1. The number of aromatic nitrogens is 1. The number of hydrogen-bond acceptors (Lipinski definition) is 4. The fourth-order valence-corrected chi connectivity index (χ4v) is 3.48. The zero-order valence-electron chi connectivity index (χ0n) is 14.9. The van der Waals surface area contributed by atoms with Gasteiger partial charge in [-0.3, -0.25) is 14.6 Å². The highest BCUT2D eigenvalue weighted by Gasteiger charge is 2.51. The number of Topliss-reactive ketones (excluding diaryl/α,β-unsaturated/α-hetero) is 1. The molecular weight excluding hydrogens is 359 g/mol. The molecule has 0 unspecified atom stereocenters. The summed E-state index contributed by atoms with van der Waals surface area (Å²) in [4.78, 5) is 31.1. The van der Waals surface area contributed by atoms with Crippen LogP contribution in [0.3, 0.4) is 0 Å². The van der Waals surface area contributed by atoms with Gasteiger partial charge in [-0.05, 0) is 24.3 Å². The van der Waals surface area contributed by atoms with Crippen molar-refractivity contribution in [1.82, 2.24) is 4.98 Å². The third-order valence-corrected chi connectivity index (χ3v) is 4.89. The van der Waals surface area contributed by atoms with Crippen molar-refractivity contribution in [2.24, 2.45) is 0 Å². The van der Waals surface area contributed by atoms with Crippen molar-refractivity contribution in [2.45, 2.75) is 18.6 Å². The molecule has 0 aliphatic carbocycles. The highest BCUT2D eigenvalue weighted by molar-refractivity contribution is 6.10. The van der Waals surface area contributed by atoms with Crippen molar-refractivity contribution in [1.29, 1.82) is 0 Å². The molecular formula is C22H17FN2O3. The summed E-state index contributed by atoms with van der Waals surface area (Å²) in [5.74, 6) is -1.53. The SMILES string of the molecule is O=C(C[C@]1(O)C(=O)N(Cc2ccccc2F)c2ccccc21)c1ccccn1. The van der Waals surface area contributed by atoms with Gasteiger partial charge in [-0.15, -0.1) is 0 Å². The number of anilines is 1. The van der Waals surface area contributed by atoms with Gasteiger partial charge >= 0.3 is 0 Å². The molecule has 0 fully saturated rings. The Balaban J connectivity index is 1.70. The zero-order valence-corrected chi connectivity index (χ0v) is 14.9. The molecule has 1 amide bonds. The predicted molar refractivity (Wildman–Crippen MR) is 101 cm³/mol. The number of ketones is 1. The first-order valence-electron chi connectivity index (χ1n) is 8.82. The molecule has 0 radical (unpaired) electrons. The lowest BCUT2D eigenvalue weighted by Crippen LogP contribution is -2.41. The molecule has 4 rings (SSSR count). The molecule has 1 atom stereocenters. The molecule has 1 aromatic heterocycles. The lowest BCUT2D eigenvalue weighted by Gasteiger charge is -2.23. The summed E-state index contributed by atoms with van der Waals surface area (Å²) < 4.78 is 14.1. The lowest BCUT2D eigenvalue weighted by atomic mass is 9.89. The molecule has 3 aromatic rings. The van der Waals surface area contributed by atoms with Gasteiger partial charge in [0.2, 0.25) is 0 Å². The quantitative estimate of drug-likeness (QED) is 0.694. The first-order chi connectivity index (χ1) is 13.5. The number of halogens is 1. The third kappa shape index (κ3) is 2.97. The highest BCUT2D eigenvalue weighted by Crippen LogP contribution is 2.43. The molecule has 1 aliphatic heterocycles. The summed E-state index contributed by atoms with van der Waals surface area (Å²) in [5, 5.41) is 11.2. The van der Waals surface area contributed by atoms with E-state index < -0.39 is 29.5 Å². The average Bonchev–Trinajstić information content (AvgIpc) is 2.92. The van der Waals surface area contributed by atoms with Crippen molar-refractivity contribution >= 4 is 17.4 Å². The molecule has 0 saturated heterocycles. The molecule has 28 heavy (non-hydrogen) atoms. The number of para-hydroxylation sites is 1. The summed E-state index contributed by atoms with van der Waals surface area (Å²) in [6, 6.07) is 17.7. The van der Waals surface area contributed by atoms with Crippen LogP contribution in [0.4, 0.5) is 10.1 Å². The van der Waals surface area contributed by atoms with E-state index in [1.807, 2.05) is 0 Å². The summed E-state index contributed by atoms with van der Waals surface area (Å²) in [7, 11) is 0. The minimum atomic E-state index is -2.02. The van der Waals surface area contributed by atoms with E-state index >= 15 is 0 Å². The Labute approximate surface area is 161 Å². The number of carbonyl (C=O) groups is 2. The molecule has 0 spiro atoms. The van der Waals surface area contributed by atoms with Crippen LogP contribution in [0.2, 0.25) is 0 Å². The van der Waals surface area contributed by atoms with Crippen LogP contribution in [-0.4, -0.2) is 21.8 Å². The topological polar surface area (TPSA) is 70.5 Å². The second-order valence-corrected chi connectivity index (χ2v) is 6.68. The van der Waals surface area contributed by atoms with Crippen LogP contribution in [0.5, 0.6) is 0 Å². The van der Waals surface area contributed by atoms with Crippen LogP contribution in [0.15, 0.2) is 72.9 Å². The Morgan fingerprint density at radius 1 is 1.04 bits per heavy atom. The van der Waals surface area contributed by atoms with Crippen molar-refractivity contribution < 1.29 is 19.1 Å². The van der Waals surface area contributed by atoms with Crippen LogP contribution in [0.25, 0.3) is 0 Å². The van der Waals surface area contributed by atoms with Gasteiger partial charge in [-0.1, -0.05) is 42.5 Å².